The van der Waals surface area contributed by atoms with Gasteiger partial charge in [-0.15, -0.1) is 0 Å². The fraction of sp³-hybridized carbons (Fsp3) is 0.500. The lowest BCUT2D eigenvalue weighted by Gasteiger charge is -2.09. The molecule has 2 rings (SSSR count). The van der Waals surface area contributed by atoms with Crippen LogP contribution in [0.1, 0.15) is 19.3 Å². The van der Waals surface area contributed by atoms with E-state index in [0.29, 0.717) is 11.4 Å². The summed E-state index contributed by atoms with van der Waals surface area (Å²) in [7, 11) is 1.69. The molecule has 1 aliphatic carbocycles. The van der Waals surface area contributed by atoms with Crippen molar-refractivity contribution in [1.82, 2.24) is 0 Å². The number of nitrogens with zero attached hydrogens (tertiary/aromatic N) is 1. The molecule has 0 aliphatic heterocycles. The van der Waals surface area contributed by atoms with Crippen LogP contribution in [-0.2, 0) is 0 Å². The molecule has 0 atom stereocenters. The quantitative estimate of drug-likeness (QED) is 0.587. The maximum absolute atomic E-state index is 11.0. The Morgan fingerprint density at radius 3 is 2.71 bits per heavy atom. The van der Waals surface area contributed by atoms with Gasteiger partial charge in [0.25, 0.3) is 0 Å². The number of benzene rings is 1. The molecule has 0 radical (unpaired) electrons. The van der Waals surface area contributed by atoms with E-state index in [-0.39, 0.29) is 10.6 Å². The molecule has 0 amide bonds. The average molecular weight is 235 g/mol. The van der Waals surface area contributed by atoms with Crippen molar-refractivity contribution in [2.45, 2.75) is 19.3 Å². The van der Waals surface area contributed by atoms with Crippen molar-refractivity contribution in [3.05, 3.63) is 28.3 Å². The van der Waals surface area contributed by atoms with Gasteiger partial charge in [0, 0.05) is 13.6 Å². The van der Waals surface area contributed by atoms with Gasteiger partial charge in [-0.25, -0.2) is 0 Å². The summed E-state index contributed by atoms with van der Waals surface area (Å²) in [5.41, 5.74) is 1.28. The number of rotatable bonds is 6. The van der Waals surface area contributed by atoms with Crippen LogP contribution in [0.5, 0.6) is 0 Å². The van der Waals surface area contributed by atoms with E-state index in [0.717, 1.165) is 18.9 Å². The lowest BCUT2D eigenvalue weighted by atomic mass is 10.2. The summed E-state index contributed by atoms with van der Waals surface area (Å²) in [6, 6.07) is 5.29. The summed E-state index contributed by atoms with van der Waals surface area (Å²) in [4.78, 5) is 10.7. The van der Waals surface area contributed by atoms with Crippen molar-refractivity contribution in [2.24, 2.45) is 5.92 Å². The van der Waals surface area contributed by atoms with E-state index >= 15 is 0 Å². The Morgan fingerprint density at radius 2 is 2.12 bits per heavy atom. The van der Waals surface area contributed by atoms with Crippen molar-refractivity contribution in [3.63, 3.8) is 0 Å². The van der Waals surface area contributed by atoms with E-state index < -0.39 is 0 Å². The van der Waals surface area contributed by atoms with Crippen molar-refractivity contribution in [1.29, 1.82) is 0 Å². The number of nitro groups is 1. The van der Waals surface area contributed by atoms with Crippen LogP contribution in [0, 0.1) is 16.0 Å². The SMILES string of the molecule is CNc1cccc(NCCC2CC2)c1[N+](=O)[O-]. The van der Waals surface area contributed by atoms with Crippen LogP contribution in [-0.4, -0.2) is 18.5 Å². The van der Waals surface area contributed by atoms with Crippen LogP contribution in [0.2, 0.25) is 0 Å². The molecule has 92 valence electrons. The van der Waals surface area contributed by atoms with Gasteiger partial charge >= 0.3 is 5.69 Å². The third-order valence-corrected chi connectivity index (χ3v) is 3.05. The van der Waals surface area contributed by atoms with E-state index in [4.69, 9.17) is 0 Å². The summed E-state index contributed by atoms with van der Waals surface area (Å²) < 4.78 is 0. The van der Waals surface area contributed by atoms with Gasteiger partial charge in [0.1, 0.15) is 11.4 Å². The van der Waals surface area contributed by atoms with Crippen molar-refractivity contribution < 1.29 is 4.92 Å². The molecule has 1 saturated carbocycles. The van der Waals surface area contributed by atoms with E-state index in [9.17, 15) is 10.1 Å². The molecule has 2 N–H and O–H groups in total. The first kappa shape index (κ1) is 11.7. The van der Waals surface area contributed by atoms with Crippen LogP contribution in [0.4, 0.5) is 17.1 Å². The maximum atomic E-state index is 11.0. The molecule has 1 aliphatic rings. The Morgan fingerprint density at radius 1 is 1.41 bits per heavy atom. The summed E-state index contributed by atoms with van der Waals surface area (Å²) in [6.07, 6.45) is 3.71. The molecule has 1 aromatic carbocycles. The fourth-order valence-corrected chi connectivity index (χ4v) is 1.90. The lowest BCUT2D eigenvalue weighted by molar-refractivity contribution is -0.383. The molecule has 0 spiro atoms. The topological polar surface area (TPSA) is 67.2 Å². The Kier molecular flexibility index (Phi) is 3.46. The van der Waals surface area contributed by atoms with Gasteiger partial charge in [-0.05, 0) is 24.5 Å². The highest BCUT2D eigenvalue weighted by molar-refractivity contribution is 5.75. The molecule has 1 fully saturated rings. The maximum Gasteiger partial charge on any atom is 0.315 e. The largest absolute Gasteiger partial charge is 0.382 e. The van der Waals surface area contributed by atoms with Gasteiger partial charge < -0.3 is 10.6 Å². The van der Waals surface area contributed by atoms with Crippen molar-refractivity contribution in [2.75, 3.05) is 24.2 Å². The second-order valence-corrected chi connectivity index (χ2v) is 4.37. The van der Waals surface area contributed by atoms with Crippen molar-refractivity contribution in [3.8, 4) is 0 Å². The molecule has 0 saturated heterocycles. The highest BCUT2D eigenvalue weighted by atomic mass is 16.6. The molecule has 17 heavy (non-hydrogen) atoms. The fourth-order valence-electron chi connectivity index (χ4n) is 1.90. The number of anilines is 2. The number of hydrogen-bond acceptors (Lipinski definition) is 4. The van der Waals surface area contributed by atoms with Gasteiger partial charge in [0.2, 0.25) is 0 Å². The van der Waals surface area contributed by atoms with E-state index in [1.165, 1.54) is 12.8 Å². The van der Waals surface area contributed by atoms with Crippen LogP contribution in [0.25, 0.3) is 0 Å². The molecule has 0 aromatic heterocycles. The monoisotopic (exact) mass is 235 g/mol. The number of nitrogens with one attached hydrogen (secondary N) is 2. The Balaban J connectivity index is 2.09. The van der Waals surface area contributed by atoms with Gasteiger partial charge in [-0.1, -0.05) is 18.9 Å². The van der Waals surface area contributed by atoms with Gasteiger partial charge in [0.15, 0.2) is 0 Å². The lowest BCUT2D eigenvalue weighted by Crippen LogP contribution is -2.06. The summed E-state index contributed by atoms with van der Waals surface area (Å²) in [5, 5.41) is 17.0. The summed E-state index contributed by atoms with van der Waals surface area (Å²) >= 11 is 0. The van der Waals surface area contributed by atoms with Crippen LogP contribution in [0.15, 0.2) is 18.2 Å². The van der Waals surface area contributed by atoms with Crippen LogP contribution >= 0.6 is 0 Å². The third kappa shape index (κ3) is 2.87. The van der Waals surface area contributed by atoms with Crippen LogP contribution < -0.4 is 10.6 Å². The minimum atomic E-state index is -0.342. The van der Waals surface area contributed by atoms with Gasteiger partial charge in [-0.3, -0.25) is 10.1 Å². The Labute approximate surface area is 100 Å². The zero-order valence-electron chi connectivity index (χ0n) is 9.90. The average Bonchev–Trinajstić information content (AvgIpc) is 3.12. The van der Waals surface area contributed by atoms with E-state index in [1.807, 2.05) is 6.07 Å². The standard InChI is InChI=1S/C12H17N3O2/c1-13-10-3-2-4-11(12(10)15(16)17)14-8-7-9-5-6-9/h2-4,9,13-14H,5-8H2,1H3. The molecule has 0 heterocycles. The predicted molar refractivity (Wildman–Crippen MR) is 68.5 cm³/mol. The molecule has 5 heteroatoms. The normalized spacial score (nSPS) is 14.4. The Hall–Kier alpha value is -1.78. The summed E-state index contributed by atoms with van der Waals surface area (Å²) in [5.74, 6) is 0.828. The highest BCUT2D eigenvalue weighted by Gasteiger charge is 2.22. The first-order valence-corrected chi connectivity index (χ1v) is 5.91. The molecular weight excluding hydrogens is 218 g/mol. The van der Waals surface area contributed by atoms with E-state index in [1.54, 1.807) is 19.2 Å². The first-order chi connectivity index (χ1) is 8.22. The Bertz CT molecular complexity index is 416. The van der Waals surface area contributed by atoms with E-state index in [2.05, 4.69) is 10.6 Å². The number of para-hydroxylation sites is 1. The zero-order chi connectivity index (χ0) is 12.3. The second kappa shape index (κ2) is 5.03. The molecular formula is C12H17N3O2. The predicted octanol–water partition coefficient (Wildman–Crippen LogP) is 2.85. The van der Waals surface area contributed by atoms with Crippen molar-refractivity contribution >= 4 is 17.1 Å². The first-order valence-electron chi connectivity index (χ1n) is 5.91. The molecule has 1 aromatic rings. The smallest absolute Gasteiger partial charge is 0.315 e. The molecule has 5 nitrogen and oxygen atoms in total. The van der Waals surface area contributed by atoms with Crippen LogP contribution in [0.3, 0.4) is 0 Å². The molecule has 0 unspecified atom stereocenters. The minimum Gasteiger partial charge on any atom is -0.382 e. The minimum absolute atomic E-state index is 0.130. The summed E-state index contributed by atoms with van der Waals surface area (Å²) in [6.45, 7) is 0.804. The third-order valence-electron chi connectivity index (χ3n) is 3.05. The molecule has 0 bridgehead atoms. The second-order valence-electron chi connectivity index (χ2n) is 4.37. The number of hydrogen-bond donors (Lipinski definition) is 2. The van der Waals surface area contributed by atoms with Gasteiger partial charge in [-0.2, -0.15) is 0 Å². The highest BCUT2D eigenvalue weighted by Crippen LogP contribution is 2.34. The number of nitro benzene ring substituents is 1. The zero-order valence-corrected chi connectivity index (χ0v) is 9.90. The van der Waals surface area contributed by atoms with Gasteiger partial charge in [0.05, 0.1) is 4.92 Å².